The van der Waals surface area contributed by atoms with Crippen LogP contribution in [0.4, 0.5) is 5.69 Å². The summed E-state index contributed by atoms with van der Waals surface area (Å²) in [5.41, 5.74) is 5.36. The molecule has 0 aromatic heterocycles. The van der Waals surface area contributed by atoms with E-state index in [1.165, 1.54) is 16.7 Å². The van der Waals surface area contributed by atoms with Gasteiger partial charge in [-0.3, -0.25) is 0 Å². The van der Waals surface area contributed by atoms with Crippen molar-refractivity contribution in [3.63, 3.8) is 0 Å². The first-order valence-corrected chi connectivity index (χ1v) is 13.7. The number of ether oxygens (including phenoxy) is 1. The maximum absolute atomic E-state index is 12.7. The van der Waals surface area contributed by atoms with Gasteiger partial charge in [0.05, 0.1) is 0 Å². The van der Waals surface area contributed by atoms with Crippen LogP contribution in [-0.4, -0.2) is 16.6 Å². The molecule has 2 aliphatic carbocycles. The SMILES string of the molecule is O=C(O)C1(Nc2cccc(Cl)c2)CCC2(CC1)C(c1cccc(OCc3ccccc3)c1)=Cc1ccccc12. The van der Waals surface area contributed by atoms with Crippen molar-refractivity contribution in [1.82, 2.24) is 0 Å². The molecule has 0 unspecified atom stereocenters. The number of hydrogen-bond donors (Lipinski definition) is 2. The molecule has 1 saturated carbocycles. The molecule has 0 bridgehead atoms. The number of carbonyl (C=O) groups is 1. The van der Waals surface area contributed by atoms with E-state index in [1.54, 1.807) is 12.1 Å². The smallest absolute Gasteiger partial charge is 0.329 e. The molecule has 196 valence electrons. The van der Waals surface area contributed by atoms with Crippen molar-refractivity contribution in [2.45, 2.75) is 43.2 Å². The third kappa shape index (κ3) is 4.81. The van der Waals surface area contributed by atoms with Crippen molar-refractivity contribution >= 4 is 34.9 Å². The molecular formula is C34H30ClNO3. The number of rotatable bonds is 7. The van der Waals surface area contributed by atoms with Gasteiger partial charge in [0.2, 0.25) is 0 Å². The van der Waals surface area contributed by atoms with E-state index in [-0.39, 0.29) is 5.41 Å². The molecule has 6 rings (SSSR count). The van der Waals surface area contributed by atoms with Gasteiger partial charge in [0.15, 0.2) is 0 Å². The molecule has 0 aliphatic heterocycles. The van der Waals surface area contributed by atoms with E-state index in [0.29, 0.717) is 37.3 Å². The third-order valence-electron chi connectivity index (χ3n) is 8.26. The third-order valence-corrected chi connectivity index (χ3v) is 8.49. The molecule has 0 radical (unpaired) electrons. The van der Waals surface area contributed by atoms with Gasteiger partial charge in [-0.1, -0.05) is 84.4 Å². The van der Waals surface area contributed by atoms with Gasteiger partial charge in [0, 0.05) is 16.1 Å². The predicted octanol–water partition coefficient (Wildman–Crippen LogP) is 8.22. The summed E-state index contributed by atoms with van der Waals surface area (Å²) in [5.74, 6) is -0.00730. The molecule has 1 fully saturated rings. The minimum absolute atomic E-state index is 0.260. The molecule has 0 heterocycles. The average molecular weight is 536 g/mol. The zero-order chi connectivity index (χ0) is 26.9. The van der Waals surface area contributed by atoms with Crippen LogP contribution in [0.3, 0.4) is 0 Å². The van der Waals surface area contributed by atoms with Crippen LogP contribution < -0.4 is 10.1 Å². The van der Waals surface area contributed by atoms with Crippen LogP contribution in [0.1, 0.15) is 47.9 Å². The lowest BCUT2D eigenvalue weighted by Crippen LogP contribution is -2.52. The van der Waals surface area contributed by atoms with Gasteiger partial charge in [-0.05, 0) is 89.9 Å². The summed E-state index contributed by atoms with van der Waals surface area (Å²) < 4.78 is 6.16. The topological polar surface area (TPSA) is 58.6 Å². The number of halogens is 1. The monoisotopic (exact) mass is 535 g/mol. The van der Waals surface area contributed by atoms with E-state index in [9.17, 15) is 9.90 Å². The Labute approximate surface area is 233 Å². The first-order valence-electron chi connectivity index (χ1n) is 13.3. The molecule has 39 heavy (non-hydrogen) atoms. The highest BCUT2D eigenvalue weighted by Crippen LogP contribution is 2.56. The number of carboxylic acid groups (broad SMARTS) is 1. The maximum atomic E-state index is 12.7. The first kappa shape index (κ1) is 25.3. The van der Waals surface area contributed by atoms with Crippen LogP contribution in [0, 0.1) is 0 Å². The molecule has 2 aliphatic rings. The number of benzene rings is 4. The lowest BCUT2D eigenvalue weighted by molar-refractivity contribution is -0.143. The molecule has 4 nitrogen and oxygen atoms in total. The summed E-state index contributed by atoms with van der Waals surface area (Å²) in [7, 11) is 0. The lowest BCUT2D eigenvalue weighted by atomic mass is 9.61. The number of allylic oxidation sites excluding steroid dienone is 1. The van der Waals surface area contributed by atoms with Gasteiger partial charge >= 0.3 is 5.97 Å². The van der Waals surface area contributed by atoms with Crippen molar-refractivity contribution in [2.75, 3.05) is 5.32 Å². The van der Waals surface area contributed by atoms with Gasteiger partial charge in [-0.25, -0.2) is 4.79 Å². The van der Waals surface area contributed by atoms with Crippen LogP contribution in [0.25, 0.3) is 11.6 Å². The Morgan fingerprint density at radius 2 is 1.59 bits per heavy atom. The molecular weight excluding hydrogens is 506 g/mol. The van der Waals surface area contributed by atoms with Gasteiger partial charge in [0.1, 0.15) is 17.9 Å². The largest absolute Gasteiger partial charge is 0.489 e. The Morgan fingerprint density at radius 3 is 2.36 bits per heavy atom. The Balaban J connectivity index is 1.30. The summed E-state index contributed by atoms with van der Waals surface area (Å²) in [4.78, 5) is 12.7. The molecule has 4 aromatic rings. The molecule has 0 amide bonds. The van der Waals surface area contributed by atoms with E-state index in [0.717, 1.165) is 22.6 Å². The van der Waals surface area contributed by atoms with Gasteiger partial charge in [-0.15, -0.1) is 0 Å². The Morgan fingerprint density at radius 1 is 0.846 bits per heavy atom. The van der Waals surface area contributed by atoms with Crippen molar-refractivity contribution in [1.29, 1.82) is 0 Å². The highest BCUT2D eigenvalue weighted by atomic mass is 35.5. The summed E-state index contributed by atoms with van der Waals surface area (Å²) in [6.45, 7) is 0.505. The first-order chi connectivity index (χ1) is 19.0. The highest BCUT2D eigenvalue weighted by Gasteiger charge is 2.51. The van der Waals surface area contributed by atoms with Crippen molar-refractivity contribution < 1.29 is 14.6 Å². The quantitative estimate of drug-likeness (QED) is 0.250. The fourth-order valence-electron chi connectivity index (χ4n) is 6.23. The normalized spacial score (nSPS) is 21.7. The highest BCUT2D eigenvalue weighted by molar-refractivity contribution is 6.30. The summed E-state index contributed by atoms with van der Waals surface area (Å²) >= 11 is 6.19. The Hall–Kier alpha value is -4.02. The lowest BCUT2D eigenvalue weighted by Gasteiger charge is -2.45. The molecule has 5 heteroatoms. The second kappa shape index (κ2) is 10.3. The van der Waals surface area contributed by atoms with Crippen molar-refractivity contribution in [3.8, 4) is 5.75 Å². The van der Waals surface area contributed by atoms with E-state index >= 15 is 0 Å². The van der Waals surface area contributed by atoms with Crippen molar-refractivity contribution in [2.24, 2.45) is 0 Å². The van der Waals surface area contributed by atoms with E-state index in [2.05, 4.69) is 59.9 Å². The zero-order valence-corrected chi connectivity index (χ0v) is 22.3. The van der Waals surface area contributed by atoms with E-state index in [4.69, 9.17) is 16.3 Å². The van der Waals surface area contributed by atoms with Crippen LogP contribution >= 0.6 is 11.6 Å². The summed E-state index contributed by atoms with van der Waals surface area (Å²) in [6, 6.07) is 34.2. The summed E-state index contributed by atoms with van der Waals surface area (Å²) in [6.07, 6.45) is 4.69. The van der Waals surface area contributed by atoms with Crippen LogP contribution in [0.2, 0.25) is 5.02 Å². The number of aliphatic carboxylic acids is 1. The molecule has 0 atom stereocenters. The molecule has 4 aromatic carbocycles. The molecule has 1 spiro atoms. The van der Waals surface area contributed by atoms with E-state index in [1.807, 2.05) is 42.5 Å². The fraction of sp³-hybridized carbons (Fsp3) is 0.206. The number of carboxylic acids is 1. The Bertz CT molecular complexity index is 1540. The van der Waals surface area contributed by atoms with Crippen molar-refractivity contribution in [3.05, 3.63) is 130 Å². The Kier molecular flexibility index (Phi) is 6.66. The summed E-state index contributed by atoms with van der Waals surface area (Å²) in [5, 5.41) is 14.3. The van der Waals surface area contributed by atoms with Gasteiger partial charge in [-0.2, -0.15) is 0 Å². The average Bonchev–Trinajstić information content (AvgIpc) is 3.28. The standard InChI is InChI=1S/C34H30ClNO3/c35-27-12-7-13-28(22-27)36-34(32(37)38)18-16-33(17-19-34)30-15-5-4-10-26(30)21-31(33)25-11-6-14-29(20-25)39-23-24-8-2-1-3-9-24/h1-15,20-22,36H,16-19,23H2,(H,37,38). The number of nitrogens with one attached hydrogen (secondary N) is 1. The van der Waals surface area contributed by atoms with E-state index < -0.39 is 11.5 Å². The minimum atomic E-state index is -1.06. The van der Waals surface area contributed by atoms with Gasteiger partial charge in [0.25, 0.3) is 0 Å². The second-order valence-corrected chi connectivity index (χ2v) is 11.0. The minimum Gasteiger partial charge on any atom is -0.489 e. The maximum Gasteiger partial charge on any atom is 0.329 e. The molecule has 0 saturated heterocycles. The fourth-order valence-corrected chi connectivity index (χ4v) is 6.42. The number of anilines is 1. The zero-order valence-electron chi connectivity index (χ0n) is 21.6. The second-order valence-electron chi connectivity index (χ2n) is 10.6. The van der Waals surface area contributed by atoms with Crippen LogP contribution in [-0.2, 0) is 16.8 Å². The van der Waals surface area contributed by atoms with Crippen LogP contribution in [0.5, 0.6) is 5.75 Å². The van der Waals surface area contributed by atoms with Gasteiger partial charge < -0.3 is 15.2 Å². The number of hydrogen-bond acceptors (Lipinski definition) is 3. The van der Waals surface area contributed by atoms with Crippen LogP contribution in [0.15, 0.2) is 103 Å². The predicted molar refractivity (Wildman–Crippen MR) is 157 cm³/mol. The number of fused-ring (bicyclic) bond motifs is 2. The molecule has 2 N–H and O–H groups in total.